The number of esters is 2. The van der Waals surface area contributed by atoms with Crippen LogP contribution >= 0.6 is 0 Å². The van der Waals surface area contributed by atoms with Crippen LogP contribution in [-0.2, 0) is 23.8 Å². The van der Waals surface area contributed by atoms with Crippen molar-refractivity contribution in [2.24, 2.45) is 0 Å². The average Bonchev–Trinajstić information content (AvgIpc) is 3.30. The van der Waals surface area contributed by atoms with Crippen molar-refractivity contribution in [2.75, 3.05) is 19.8 Å². The summed E-state index contributed by atoms with van der Waals surface area (Å²) in [5, 5.41) is 0. The topological polar surface area (TPSA) is 61.8 Å². The number of ether oxygens (including phenoxy) is 3. The van der Waals surface area contributed by atoms with Crippen LogP contribution < -0.4 is 0 Å². The lowest BCUT2D eigenvalue weighted by molar-refractivity contribution is -0.163. The van der Waals surface area contributed by atoms with Crippen molar-refractivity contribution >= 4 is 11.9 Å². The predicted octanol–water partition coefficient (Wildman–Crippen LogP) is 19.4. The third-order valence-electron chi connectivity index (χ3n) is 12.6. The number of carbonyl (C=O) groups is 2. The molecule has 0 rings (SSSR count). The molecule has 0 saturated heterocycles. The molecule has 64 heavy (non-hydrogen) atoms. The predicted molar refractivity (Wildman–Crippen MR) is 279 cm³/mol. The minimum Gasteiger partial charge on any atom is -0.462 e. The highest BCUT2D eigenvalue weighted by molar-refractivity contribution is 5.70. The van der Waals surface area contributed by atoms with Gasteiger partial charge in [-0.3, -0.25) is 9.59 Å². The number of unbranched alkanes of at least 4 members (excludes halogenated alkanes) is 36. The molecule has 0 N–H and O–H groups in total. The number of hydrogen-bond donors (Lipinski definition) is 0. The van der Waals surface area contributed by atoms with Crippen LogP contribution in [0.2, 0.25) is 0 Å². The molecule has 0 aliphatic heterocycles. The number of carbonyl (C=O) groups excluding carboxylic acids is 2. The van der Waals surface area contributed by atoms with Crippen molar-refractivity contribution in [2.45, 2.75) is 309 Å². The van der Waals surface area contributed by atoms with Gasteiger partial charge in [0.15, 0.2) is 6.10 Å². The monoisotopic (exact) mass is 899 g/mol. The Morgan fingerprint density at radius 2 is 0.688 bits per heavy atom. The van der Waals surface area contributed by atoms with E-state index in [0.29, 0.717) is 19.4 Å². The molecule has 376 valence electrons. The van der Waals surface area contributed by atoms with E-state index >= 15 is 0 Å². The maximum Gasteiger partial charge on any atom is 0.306 e. The van der Waals surface area contributed by atoms with E-state index in [-0.39, 0.29) is 25.2 Å². The molecule has 0 spiro atoms. The first-order chi connectivity index (χ1) is 31.6. The Bertz CT molecular complexity index is 1020. The lowest BCUT2D eigenvalue weighted by atomic mass is 10.0. The van der Waals surface area contributed by atoms with Crippen molar-refractivity contribution < 1.29 is 23.8 Å². The largest absolute Gasteiger partial charge is 0.462 e. The second-order valence-electron chi connectivity index (χ2n) is 19.2. The quantitative estimate of drug-likeness (QED) is 0.0346. The Morgan fingerprint density at radius 3 is 1.11 bits per heavy atom. The van der Waals surface area contributed by atoms with E-state index in [2.05, 4.69) is 57.2 Å². The van der Waals surface area contributed by atoms with Gasteiger partial charge in [-0.25, -0.2) is 0 Å². The second kappa shape index (κ2) is 55.4. The van der Waals surface area contributed by atoms with Gasteiger partial charge in [-0.1, -0.05) is 256 Å². The van der Waals surface area contributed by atoms with Crippen molar-refractivity contribution in [1.29, 1.82) is 0 Å². The maximum atomic E-state index is 12.8. The highest BCUT2D eigenvalue weighted by Gasteiger charge is 2.17. The zero-order valence-corrected chi connectivity index (χ0v) is 43.3. The molecular formula is C59H110O5. The van der Waals surface area contributed by atoms with Gasteiger partial charge >= 0.3 is 11.9 Å². The first-order valence-electron chi connectivity index (χ1n) is 28.5. The summed E-state index contributed by atoms with van der Waals surface area (Å²) in [6, 6.07) is 0. The smallest absolute Gasteiger partial charge is 0.306 e. The van der Waals surface area contributed by atoms with E-state index in [1.165, 1.54) is 225 Å². The Labute approximate surface area is 400 Å². The van der Waals surface area contributed by atoms with Gasteiger partial charge in [-0.15, -0.1) is 0 Å². The SMILES string of the molecule is CCC/C=C\C/C=C\CCCCCCCCOCC(COC(=O)CCCCCCCCC/C=C\CCCCCCCC)OC(=O)CCCCCCCCCCCCCCCCCCC. The van der Waals surface area contributed by atoms with Gasteiger partial charge in [0.2, 0.25) is 0 Å². The lowest BCUT2D eigenvalue weighted by Crippen LogP contribution is -2.30. The summed E-state index contributed by atoms with van der Waals surface area (Å²) in [6.45, 7) is 7.79. The van der Waals surface area contributed by atoms with Crippen LogP contribution in [0.1, 0.15) is 303 Å². The first kappa shape index (κ1) is 62.1. The molecule has 5 nitrogen and oxygen atoms in total. The summed E-state index contributed by atoms with van der Waals surface area (Å²) in [4.78, 5) is 25.5. The molecule has 0 radical (unpaired) electrons. The molecule has 0 bridgehead atoms. The fraction of sp³-hybridized carbons (Fsp3) is 0.864. The minimum absolute atomic E-state index is 0.0838. The first-order valence-corrected chi connectivity index (χ1v) is 28.5. The molecule has 0 saturated carbocycles. The van der Waals surface area contributed by atoms with E-state index in [4.69, 9.17) is 14.2 Å². The molecule has 0 amide bonds. The van der Waals surface area contributed by atoms with Crippen molar-refractivity contribution in [1.82, 2.24) is 0 Å². The Kier molecular flexibility index (Phi) is 53.8. The zero-order chi connectivity index (χ0) is 46.3. The summed E-state index contributed by atoms with van der Waals surface area (Å²) in [5.74, 6) is -0.390. The van der Waals surface area contributed by atoms with Gasteiger partial charge in [-0.2, -0.15) is 0 Å². The van der Waals surface area contributed by atoms with E-state index in [1.54, 1.807) is 0 Å². The highest BCUT2D eigenvalue weighted by Crippen LogP contribution is 2.16. The van der Waals surface area contributed by atoms with E-state index < -0.39 is 6.10 Å². The summed E-state index contributed by atoms with van der Waals surface area (Å²) >= 11 is 0. The van der Waals surface area contributed by atoms with Crippen LogP contribution in [0.3, 0.4) is 0 Å². The molecule has 5 heteroatoms. The van der Waals surface area contributed by atoms with Crippen LogP contribution in [0.5, 0.6) is 0 Å². The summed E-state index contributed by atoms with van der Waals surface area (Å²) in [7, 11) is 0. The third kappa shape index (κ3) is 52.7. The van der Waals surface area contributed by atoms with Gasteiger partial charge < -0.3 is 14.2 Å². The molecule has 0 aromatic carbocycles. The Morgan fingerprint density at radius 1 is 0.344 bits per heavy atom. The highest BCUT2D eigenvalue weighted by atomic mass is 16.6. The van der Waals surface area contributed by atoms with E-state index in [1.807, 2.05) is 0 Å². The number of allylic oxidation sites excluding steroid dienone is 6. The number of rotatable bonds is 53. The standard InChI is InChI=1S/C59H110O5/c1-4-7-10-13-16-19-22-25-28-30-32-34-37-40-43-46-49-52-58(60)63-56-57(55-62-54-51-48-45-42-39-36-27-24-21-18-15-12-9-6-3)64-59(61)53-50-47-44-41-38-35-33-31-29-26-23-20-17-14-11-8-5-2/h12,15,21,24-25,28,57H,4-11,13-14,16-20,22-23,26-27,29-56H2,1-3H3/b15-12-,24-21-,28-25-. The number of hydrogen-bond acceptors (Lipinski definition) is 5. The average molecular weight is 900 g/mol. The van der Waals surface area contributed by atoms with Crippen LogP contribution in [0, 0.1) is 0 Å². The van der Waals surface area contributed by atoms with Gasteiger partial charge in [0, 0.05) is 19.4 Å². The van der Waals surface area contributed by atoms with Gasteiger partial charge in [0.05, 0.1) is 6.61 Å². The fourth-order valence-electron chi connectivity index (χ4n) is 8.37. The van der Waals surface area contributed by atoms with Crippen LogP contribution in [-0.4, -0.2) is 37.9 Å². The molecule has 0 fully saturated rings. The van der Waals surface area contributed by atoms with Gasteiger partial charge in [0.1, 0.15) is 6.61 Å². The molecule has 0 aliphatic carbocycles. The Balaban J connectivity index is 4.24. The van der Waals surface area contributed by atoms with Crippen molar-refractivity contribution in [3.8, 4) is 0 Å². The molecule has 0 aromatic rings. The normalized spacial score (nSPS) is 12.4. The van der Waals surface area contributed by atoms with Gasteiger partial charge in [0.25, 0.3) is 0 Å². The second-order valence-corrected chi connectivity index (χ2v) is 19.2. The van der Waals surface area contributed by atoms with E-state index in [9.17, 15) is 9.59 Å². The summed E-state index contributed by atoms with van der Waals surface area (Å²) < 4.78 is 17.5. The summed E-state index contributed by atoms with van der Waals surface area (Å²) in [6.07, 6.45) is 67.3. The Hall–Kier alpha value is -1.88. The fourth-order valence-corrected chi connectivity index (χ4v) is 8.37. The van der Waals surface area contributed by atoms with Crippen molar-refractivity contribution in [3.05, 3.63) is 36.5 Å². The molecule has 0 aromatic heterocycles. The van der Waals surface area contributed by atoms with Crippen LogP contribution in [0.15, 0.2) is 36.5 Å². The molecule has 0 aliphatic rings. The zero-order valence-electron chi connectivity index (χ0n) is 43.3. The molecule has 1 atom stereocenters. The lowest BCUT2D eigenvalue weighted by Gasteiger charge is -2.18. The van der Waals surface area contributed by atoms with Gasteiger partial charge in [-0.05, 0) is 70.6 Å². The third-order valence-corrected chi connectivity index (χ3v) is 12.6. The van der Waals surface area contributed by atoms with Crippen LogP contribution in [0.4, 0.5) is 0 Å². The molecule has 0 heterocycles. The van der Waals surface area contributed by atoms with Crippen LogP contribution in [0.25, 0.3) is 0 Å². The minimum atomic E-state index is -0.539. The molecular weight excluding hydrogens is 789 g/mol. The molecule has 1 unspecified atom stereocenters. The van der Waals surface area contributed by atoms with E-state index in [0.717, 1.165) is 44.9 Å². The van der Waals surface area contributed by atoms with Crippen molar-refractivity contribution in [3.63, 3.8) is 0 Å². The summed E-state index contributed by atoms with van der Waals surface area (Å²) in [5.41, 5.74) is 0. The maximum absolute atomic E-state index is 12.8.